The van der Waals surface area contributed by atoms with Gasteiger partial charge in [0.2, 0.25) is 5.89 Å². The quantitative estimate of drug-likeness (QED) is 0.518. The van der Waals surface area contributed by atoms with Crippen molar-refractivity contribution in [2.45, 2.75) is 0 Å². The van der Waals surface area contributed by atoms with Crippen LogP contribution in [0, 0.1) is 5.82 Å². The van der Waals surface area contributed by atoms with E-state index in [1.54, 1.807) is 36.4 Å². The Morgan fingerprint density at radius 2 is 1.88 bits per heavy atom. The highest BCUT2D eigenvalue weighted by atomic mass is 35.5. The van der Waals surface area contributed by atoms with Gasteiger partial charge in [-0.3, -0.25) is 4.79 Å². The van der Waals surface area contributed by atoms with Crippen LogP contribution in [-0.4, -0.2) is 10.9 Å². The number of oxazole rings is 1. The van der Waals surface area contributed by atoms with Gasteiger partial charge in [0.15, 0.2) is 5.58 Å². The van der Waals surface area contributed by atoms with Crippen molar-refractivity contribution in [3.05, 3.63) is 83.1 Å². The summed E-state index contributed by atoms with van der Waals surface area (Å²) in [4.78, 5) is 16.6. The van der Waals surface area contributed by atoms with Gasteiger partial charge in [-0.1, -0.05) is 29.8 Å². The maximum Gasteiger partial charge on any atom is 0.258 e. The van der Waals surface area contributed by atoms with Crippen molar-refractivity contribution >= 4 is 34.3 Å². The van der Waals surface area contributed by atoms with Crippen LogP contribution in [0.25, 0.3) is 22.6 Å². The topological polar surface area (TPSA) is 55.1 Å². The molecule has 4 rings (SSSR count). The first kappa shape index (κ1) is 16.3. The number of carbonyl (C=O) groups is 1. The summed E-state index contributed by atoms with van der Waals surface area (Å²) >= 11 is 6.00. The van der Waals surface area contributed by atoms with Crippen molar-refractivity contribution < 1.29 is 13.6 Å². The van der Waals surface area contributed by atoms with Gasteiger partial charge in [-0.2, -0.15) is 0 Å². The molecule has 4 nitrogen and oxygen atoms in total. The zero-order chi connectivity index (χ0) is 18.1. The molecular weight excluding hydrogens is 355 g/mol. The Hall–Kier alpha value is -3.18. The van der Waals surface area contributed by atoms with Crippen LogP contribution < -0.4 is 5.32 Å². The maximum atomic E-state index is 13.7. The lowest BCUT2D eigenvalue weighted by Gasteiger charge is -2.05. The third kappa shape index (κ3) is 3.17. The zero-order valence-corrected chi connectivity index (χ0v) is 14.1. The molecule has 1 heterocycles. The van der Waals surface area contributed by atoms with Crippen molar-refractivity contribution in [3.8, 4) is 11.5 Å². The monoisotopic (exact) mass is 366 g/mol. The number of fused-ring (bicyclic) bond motifs is 1. The number of anilines is 1. The lowest BCUT2D eigenvalue weighted by molar-refractivity contribution is 0.102. The first-order chi connectivity index (χ1) is 12.6. The highest BCUT2D eigenvalue weighted by Crippen LogP contribution is 2.28. The maximum absolute atomic E-state index is 13.7. The largest absolute Gasteiger partial charge is 0.436 e. The van der Waals surface area contributed by atoms with E-state index < -0.39 is 11.7 Å². The summed E-state index contributed by atoms with van der Waals surface area (Å²) in [6.07, 6.45) is 0. The molecule has 0 saturated heterocycles. The summed E-state index contributed by atoms with van der Waals surface area (Å²) in [7, 11) is 0. The fourth-order valence-corrected chi connectivity index (χ4v) is 2.78. The highest BCUT2D eigenvalue weighted by Gasteiger charge is 2.13. The zero-order valence-electron chi connectivity index (χ0n) is 13.4. The summed E-state index contributed by atoms with van der Waals surface area (Å²) in [5, 5.41) is 3.25. The second kappa shape index (κ2) is 6.61. The van der Waals surface area contributed by atoms with E-state index in [4.69, 9.17) is 16.0 Å². The summed E-state index contributed by atoms with van der Waals surface area (Å²) in [6.45, 7) is 0. The molecule has 0 atom stereocenters. The Kier molecular flexibility index (Phi) is 4.14. The van der Waals surface area contributed by atoms with E-state index in [-0.39, 0.29) is 5.56 Å². The molecule has 6 heteroatoms. The van der Waals surface area contributed by atoms with Crippen molar-refractivity contribution in [1.82, 2.24) is 4.98 Å². The third-order valence-corrected chi connectivity index (χ3v) is 4.07. The summed E-state index contributed by atoms with van der Waals surface area (Å²) < 4.78 is 19.5. The number of carbonyl (C=O) groups excluding carboxylic acids is 1. The van der Waals surface area contributed by atoms with Gasteiger partial charge in [0.05, 0.1) is 5.56 Å². The van der Waals surface area contributed by atoms with Gasteiger partial charge in [0.25, 0.3) is 5.91 Å². The number of hydrogen-bond donors (Lipinski definition) is 1. The molecule has 1 N–H and O–H groups in total. The Labute approximate surface area is 153 Å². The van der Waals surface area contributed by atoms with Gasteiger partial charge in [-0.25, -0.2) is 9.37 Å². The predicted molar refractivity (Wildman–Crippen MR) is 98.8 cm³/mol. The molecule has 0 aliphatic carbocycles. The number of nitrogens with zero attached hydrogens (tertiary/aromatic N) is 1. The van der Waals surface area contributed by atoms with Gasteiger partial charge < -0.3 is 9.73 Å². The molecule has 26 heavy (non-hydrogen) atoms. The summed E-state index contributed by atoms with van der Waals surface area (Å²) in [5.74, 6) is -0.675. The fraction of sp³-hybridized carbons (Fsp3) is 0. The first-order valence-electron chi connectivity index (χ1n) is 7.82. The second-order valence-corrected chi connectivity index (χ2v) is 6.08. The number of benzene rings is 3. The number of aromatic nitrogens is 1. The second-order valence-electron chi connectivity index (χ2n) is 5.65. The van der Waals surface area contributed by atoms with Crippen LogP contribution in [0.15, 0.2) is 71.1 Å². The molecule has 0 fully saturated rings. The van der Waals surface area contributed by atoms with Crippen LogP contribution in [0.3, 0.4) is 0 Å². The van der Waals surface area contributed by atoms with E-state index in [1.807, 2.05) is 12.1 Å². The Balaban J connectivity index is 1.64. The van der Waals surface area contributed by atoms with E-state index in [9.17, 15) is 9.18 Å². The molecule has 3 aromatic carbocycles. The number of nitrogens with one attached hydrogen (secondary N) is 1. The average Bonchev–Trinajstić information content (AvgIpc) is 3.05. The number of rotatable bonds is 3. The Morgan fingerprint density at radius 3 is 2.69 bits per heavy atom. The van der Waals surface area contributed by atoms with Crippen molar-refractivity contribution in [2.24, 2.45) is 0 Å². The van der Waals surface area contributed by atoms with Crippen molar-refractivity contribution in [1.29, 1.82) is 0 Å². The van der Waals surface area contributed by atoms with Crippen LogP contribution in [-0.2, 0) is 0 Å². The van der Waals surface area contributed by atoms with E-state index in [1.165, 1.54) is 18.2 Å². The smallest absolute Gasteiger partial charge is 0.258 e. The molecule has 0 spiro atoms. The van der Waals surface area contributed by atoms with Crippen LogP contribution in [0.5, 0.6) is 0 Å². The van der Waals surface area contributed by atoms with E-state index in [0.717, 1.165) is 5.56 Å². The number of halogens is 2. The van der Waals surface area contributed by atoms with Gasteiger partial charge in [-0.05, 0) is 42.5 Å². The molecule has 0 aliphatic heterocycles. The molecule has 1 aromatic heterocycles. The average molecular weight is 367 g/mol. The molecule has 128 valence electrons. The third-order valence-electron chi connectivity index (χ3n) is 3.84. The van der Waals surface area contributed by atoms with Crippen molar-refractivity contribution in [3.63, 3.8) is 0 Å². The number of hydrogen-bond acceptors (Lipinski definition) is 3. The Morgan fingerprint density at radius 1 is 1.04 bits per heavy atom. The fourth-order valence-electron chi connectivity index (χ4n) is 2.59. The van der Waals surface area contributed by atoms with E-state index in [0.29, 0.717) is 27.7 Å². The van der Waals surface area contributed by atoms with Crippen LogP contribution in [0.4, 0.5) is 10.1 Å². The molecular formula is C20H12ClFN2O2. The molecule has 0 aliphatic rings. The molecule has 0 unspecified atom stereocenters. The number of amides is 1. The molecule has 1 amide bonds. The molecule has 0 radical (unpaired) electrons. The van der Waals surface area contributed by atoms with Crippen molar-refractivity contribution in [2.75, 3.05) is 5.32 Å². The standard InChI is InChI=1S/C20H12ClFN2O2/c21-13-5-3-4-12(10-13)20-24-17-9-8-14(11-18(17)26-20)23-19(25)15-6-1-2-7-16(15)22/h1-11H,(H,23,25). The van der Waals surface area contributed by atoms with Gasteiger partial charge in [0, 0.05) is 22.3 Å². The Bertz CT molecular complexity index is 1120. The summed E-state index contributed by atoms with van der Waals surface area (Å²) in [6, 6.07) is 18.0. The lowest BCUT2D eigenvalue weighted by Crippen LogP contribution is -2.13. The first-order valence-corrected chi connectivity index (χ1v) is 8.20. The minimum atomic E-state index is -0.575. The highest BCUT2D eigenvalue weighted by molar-refractivity contribution is 6.30. The van der Waals surface area contributed by atoms with Crippen LogP contribution in [0.2, 0.25) is 5.02 Å². The minimum Gasteiger partial charge on any atom is -0.436 e. The predicted octanol–water partition coefficient (Wildman–Crippen LogP) is 5.54. The normalized spacial score (nSPS) is 10.8. The molecule has 4 aromatic rings. The SMILES string of the molecule is O=C(Nc1ccc2nc(-c3cccc(Cl)c3)oc2c1)c1ccccc1F. The van der Waals surface area contributed by atoms with Gasteiger partial charge in [-0.15, -0.1) is 0 Å². The van der Waals surface area contributed by atoms with E-state index in [2.05, 4.69) is 10.3 Å². The van der Waals surface area contributed by atoms with Crippen LogP contribution in [0.1, 0.15) is 10.4 Å². The molecule has 0 saturated carbocycles. The van der Waals surface area contributed by atoms with Gasteiger partial charge in [0.1, 0.15) is 11.3 Å². The summed E-state index contributed by atoms with van der Waals surface area (Å²) in [5.41, 5.74) is 2.37. The minimum absolute atomic E-state index is 0.0233. The molecule has 0 bridgehead atoms. The van der Waals surface area contributed by atoms with Crippen LogP contribution >= 0.6 is 11.6 Å². The lowest BCUT2D eigenvalue weighted by atomic mass is 10.2. The van der Waals surface area contributed by atoms with E-state index >= 15 is 0 Å². The van der Waals surface area contributed by atoms with Gasteiger partial charge >= 0.3 is 0 Å².